The number of carbonyl (C=O) groups excluding carboxylic acids is 12. The lowest BCUT2D eigenvalue weighted by atomic mass is 9.83. The van der Waals surface area contributed by atoms with Crippen LogP contribution in [0.5, 0.6) is 0 Å². The van der Waals surface area contributed by atoms with Crippen molar-refractivity contribution in [2.24, 2.45) is 29.6 Å². The minimum Gasteiger partial charge on any atom is -0.343 e. The molecule has 11 atom stereocenters. The number of unbranched alkanes of at least 4 members (excludes halogenated alkanes) is 1. The number of nitrogens with zero attached hydrogens (tertiary/aromatic N) is 8. The van der Waals surface area contributed by atoms with E-state index in [4.69, 9.17) is 11.6 Å². The van der Waals surface area contributed by atoms with E-state index < -0.39 is 163 Å². The van der Waals surface area contributed by atoms with Crippen LogP contribution in [0.2, 0.25) is 0 Å². The van der Waals surface area contributed by atoms with E-state index in [0.29, 0.717) is 83.7 Å². The summed E-state index contributed by atoms with van der Waals surface area (Å²) >= 11 is 8.75. The van der Waals surface area contributed by atoms with Gasteiger partial charge >= 0.3 is 0 Å². The van der Waals surface area contributed by atoms with Gasteiger partial charge in [-0.3, -0.25) is 57.5 Å². The standard InChI is InChI=1S/C68H115ClFIN12O12/c1-17-19-23-49-63(91)82(16)68(8,9)67(95)74-51(32-41(3)4)62(90)81(15)54(65(93)83-30-21-20-22-31-83)37-56(85)79(13)52(33-42(5)6)61(89)75-59(43(7)18-2)66(94)78(12)39-57(86)76(10)40-58(87)80(14)53(34-44-24-26-46(69)27-25-44)64(92)77(11)38-55(84)72-50(60(88)73-49)36-45-35-47(71)28-29-48(45)70/h41-54,59H,17-40H2,1-16H3,(H,72,84)(H,73,88)(H,74,95)(H,75,89)/t43-,44?,45?,46?,47?,48?,49-,50-,51-,52-,53-,54-,59-/m0/s1. The fourth-order valence-electron chi connectivity index (χ4n) is 13.1. The molecule has 0 bridgehead atoms. The predicted molar refractivity (Wildman–Crippen MR) is 371 cm³/mol. The molecule has 4 aliphatic rings. The molecule has 2 aliphatic heterocycles. The zero-order valence-electron chi connectivity index (χ0n) is 59.7. The molecular weight excluding hydrogens is 1360 g/mol. The normalized spacial score (nSPS) is 29.8. The number of likely N-dealkylation sites (N-methyl/N-ethyl adjacent to an activating group) is 7. The van der Waals surface area contributed by atoms with Gasteiger partial charge in [0.15, 0.2) is 0 Å². The van der Waals surface area contributed by atoms with E-state index in [-0.39, 0.29) is 65.6 Å². The molecule has 4 rings (SSSR count). The Labute approximate surface area is 583 Å². The van der Waals surface area contributed by atoms with Gasteiger partial charge in [-0.15, -0.1) is 11.6 Å². The molecular formula is C68H115ClFIN12O12. The summed E-state index contributed by atoms with van der Waals surface area (Å²) in [5.41, 5.74) is -1.71. The molecule has 12 amide bonds. The second kappa shape index (κ2) is 38.1. The zero-order chi connectivity index (χ0) is 71.5. The second-order valence-electron chi connectivity index (χ2n) is 28.9. The van der Waals surface area contributed by atoms with E-state index >= 15 is 9.18 Å². The minimum absolute atomic E-state index is 0.0385. The van der Waals surface area contributed by atoms with Crippen molar-refractivity contribution in [1.29, 1.82) is 0 Å². The van der Waals surface area contributed by atoms with Crippen LogP contribution in [0, 0.1) is 29.6 Å². The Hall–Kier alpha value is -5.41. The summed E-state index contributed by atoms with van der Waals surface area (Å²) in [6.07, 6.45) is 6.20. The summed E-state index contributed by atoms with van der Waals surface area (Å²) in [4.78, 5) is 186. The maximum absolute atomic E-state index is 15.9. The number of hydrogen-bond donors (Lipinski definition) is 4. The van der Waals surface area contributed by atoms with Gasteiger partial charge < -0.3 is 60.5 Å². The number of rotatable bonds is 14. The molecule has 24 nitrogen and oxygen atoms in total. The predicted octanol–water partition coefficient (Wildman–Crippen LogP) is 5.28. The van der Waals surface area contributed by atoms with Crippen LogP contribution in [0.15, 0.2) is 0 Å². The first kappa shape index (κ1) is 82.0. The van der Waals surface area contributed by atoms with Crippen molar-refractivity contribution in [1.82, 2.24) is 60.5 Å². The molecule has 4 fully saturated rings. The third-order valence-electron chi connectivity index (χ3n) is 20.1. The lowest BCUT2D eigenvalue weighted by Gasteiger charge is -2.39. The third kappa shape index (κ3) is 23.6. The molecule has 2 saturated carbocycles. The summed E-state index contributed by atoms with van der Waals surface area (Å²) in [5, 5.41) is 11.3. The lowest BCUT2D eigenvalue weighted by Crippen LogP contribution is -2.63. The molecule has 4 N–H and O–H groups in total. The molecule has 2 aliphatic carbocycles. The second-order valence-corrected chi connectivity index (χ2v) is 31.3. The van der Waals surface area contributed by atoms with Crippen molar-refractivity contribution in [3.63, 3.8) is 0 Å². The largest absolute Gasteiger partial charge is 0.343 e. The van der Waals surface area contributed by atoms with Gasteiger partial charge in [-0.2, -0.15) is 0 Å². The quantitative estimate of drug-likeness (QED) is 0.128. The van der Waals surface area contributed by atoms with Crippen molar-refractivity contribution >= 4 is 105 Å². The Morgan fingerprint density at radius 2 is 1.20 bits per heavy atom. The smallest absolute Gasteiger partial charge is 0.246 e. The summed E-state index contributed by atoms with van der Waals surface area (Å²) in [5.74, 6) is -9.54. The van der Waals surface area contributed by atoms with Crippen LogP contribution < -0.4 is 21.3 Å². The first-order valence-electron chi connectivity index (χ1n) is 34.7. The van der Waals surface area contributed by atoms with Crippen molar-refractivity contribution in [2.75, 3.05) is 82.1 Å². The van der Waals surface area contributed by atoms with Crippen LogP contribution >= 0.6 is 34.2 Å². The summed E-state index contributed by atoms with van der Waals surface area (Å²) < 4.78 is 16.0. The summed E-state index contributed by atoms with van der Waals surface area (Å²) in [6, 6.07) is -8.85. The van der Waals surface area contributed by atoms with Crippen LogP contribution in [0.25, 0.3) is 0 Å². The molecule has 0 radical (unpaired) electrons. The molecule has 2 saturated heterocycles. The Morgan fingerprint density at radius 3 is 1.79 bits per heavy atom. The summed E-state index contributed by atoms with van der Waals surface area (Å²) in [7, 11) is 9.86. The number of nitrogens with one attached hydrogen (secondary N) is 4. The van der Waals surface area contributed by atoms with E-state index in [1.807, 2.05) is 41.5 Å². The van der Waals surface area contributed by atoms with Crippen LogP contribution in [0.1, 0.15) is 184 Å². The van der Waals surface area contributed by atoms with E-state index in [2.05, 4.69) is 43.9 Å². The van der Waals surface area contributed by atoms with E-state index in [0.717, 1.165) is 21.1 Å². The fraction of sp³-hybridized carbons (Fsp3) is 0.824. The van der Waals surface area contributed by atoms with Crippen molar-refractivity contribution in [2.45, 2.75) is 248 Å². The van der Waals surface area contributed by atoms with Crippen LogP contribution in [0.4, 0.5) is 4.39 Å². The molecule has 95 heavy (non-hydrogen) atoms. The highest BCUT2D eigenvalue weighted by molar-refractivity contribution is 14.1. The van der Waals surface area contributed by atoms with Gasteiger partial charge in [0.05, 0.1) is 26.1 Å². The van der Waals surface area contributed by atoms with E-state index in [9.17, 15) is 52.7 Å². The van der Waals surface area contributed by atoms with Crippen molar-refractivity contribution in [3.8, 4) is 0 Å². The molecule has 0 aromatic rings. The van der Waals surface area contributed by atoms with Gasteiger partial charge in [-0.25, -0.2) is 4.39 Å². The first-order chi connectivity index (χ1) is 44.4. The van der Waals surface area contributed by atoms with Gasteiger partial charge in [0.2, 0.25) is 70.9 Å². The van der Waals surface area contributed by atoms with Crippen molar-refractivity contribution < 1.29 is 61.9 Å². The molecule has 540 valence electrons. The monoisotopic (exact) mass is 1470 g/mol. The number of piperidine rings is 1. The number of alkyl halides is 3. The third-order valence-corrected chi connectivity index (χ3v) is 21.6. The highest BCUT2D eigenvalue weighted by Crippen LogP contribution is 2.35. The fourth-order valence-corrected chi connectivity index (χ4v) is 14.4. The molecule has 0 aromatic carbocycles. The van der Waals surface area contributed by atoms with Crippen molar-refractivity contribution in [3.05, 3.63) is 0 Å². The van der Waals surface area contributed by atoms with Crippen LogP contribution in [-0.2, 0) is 57.5 Å². The minimum atomic E-state index is -1.71. The highest BCUT2D eigenvalue weighted by atomic mass is 127. The number of hydrogen-bond acceptors (Lipinski definition) is 12. The molecule has 0 spiro atoms. The van der Waals surface area contributed by atoms with E-state index in [1.165, 1.54) is 82.8 Å². The highest BCUT2D eigenvalue weighted by Gasteiger charge is 2.45. The van der Waals surface area contributed by atoms with E-state index in [1.54, 1.807) is 11.8 Å². The lowest BCUT2D eigenvalue weighted by molar-refractivity contribution is -0.152. The Morgan fingerprint density at radius 1 is 0.611 bits per heavy atom. The SMILES string of the molecule is CCCC[C@@H]1NC(=O)[C@H](CC2CC(I)CCC2F)NC(=O)CN(C)C(=O)[C@H](CC2CCC(Cl)CC2)N(C)C(=O)CN(C)C(=O)CN(C)C(=O)[C@H]([C@@H](C)CC)NC(=O)[C@H](CC(C)C)N(C)C(=O)C[C@@H](C(=O)N2CCCCC2)N(C)C(=O)[C@H](CC(C)C)NC(=O)C(C)(C)N(C)C1=O. The molecule has 3 unspecified atom stereocenters. The average Bonchev–Trinajstić information content (AvgIpc) is 0.816. The van der Waals surface area contributed by atoms with Crippen LogP contribution in [0.3, 0.4) is 0 Å². The van der Waals surface area contributed by atoms with Gasteiger partial charge in [0.1, 0.15) is 54.0 Å². The Bertz CT molecular complexity index is 2660. The maximum Gasteiger partial charge on any atom is 0.246 e. The van der Waals surface area contributed by atoms with Gasteiger partial charge in [-0.05, 0) is 140 Å². The number of amides is 12. The van der Waals surface area contributed by atoms with Gasteiger partial charge in [0, 0.05) is 71.7 Å². The average molecular weight is 1470 g/mol. The molecule has 2 heterocycles. The Kier molecular flexibility index (Phi) is 32.9. The van der Waals surface area contributed by atoms with Gasteiger partial charge in [-0.1, -0.05) is 90.3 Å². The first-order valence-corrected chi connectivity index (χ1v) is 36.3. The van der Waals surface area contributed by atoms with Crippen LogP contribution in [-0.4, -0.2) is 255 Å². The number of likely N-dealkylation sites (tertiary alicyclic amines) is 1. The topological polar surface area (TPSA) is 279 Å². The zero-order valence-corrected chi connectivity index (χ0v) is 62.7. The summed E-state index contributed by atoms with van der Waals surface area (Å²) in [6.45, 7) is 15.0. The maximum atomic E-state index is 15.9. The molecule has 0 aromatic heterocycles. The number of carbonyl (C=O) groups is 12. The Balaban J connectivity index is 1.87. The van der Waals surface area contributed by atoms with Gasteiger partial charge in [0.25, 0.3) is 0 Å². The molecule has 27 heteroatoms. The number of halogens is 3.